The van der Waals surface area contributed by atoms with Crippen LogP contribution in [0, 0.1) is 0 Å². The highest BCUT2D eigenvalue weighted by Gasteiger charge is 2.02. The molecule has 0 aliphatic carbocycles. The van der Waals surface area contributed by atoms with Crippen LogP contribution in [0.15, 0.2) is 40.2 Å². The van der Waals surface area contributed by atoms with E-state index in [4.69, 9.17) is 4.42 Å². The standard InChI is InChI=1S/C10H9N5O2/c16-10-14-13-9-3-8(12-6-15(9)10)11-4-7-1-2-17-5-7/h1-3,5-6,11H,4H2,(H,14,16). The molecule has 0 aliphatic rings. The van der Waals surface area contributed by atoms with Gasteiger partial charge in [0.25, 0.3) is 0 Å². The van der Waals surface area contributed by atoms with Gasteiger partial charge in [0.05, 0.1) is 12.5 Å². The molecule has 86 valence electrons. The Morgan fingerprint density at radius 1 is 1.53 bits per heavy atom. The van der Waals surface area contributed by atoms with E-state index in [9.17, 15) is 4.79 Å². The van der Waals surface area contributed by atoms with Gasteiger partial charge in [0.15, 0.2) is 5.65 Å². The van der Waals surface area contributed by atoms with E-state index in [2.05, 4.69) is 20.5 Å². The SMILES string of the molecule is O=c1[nH]nc2cc(NCc3ccoc3)ncn12. The molecule has 3 rings (SSSR count). The van der Waals surface area contributed by atoms with Crippen molar-refractivity contribution < 1.29 is 4.42 Å². The maximum Gasteiger partial charge on any atom is 0.348 e. The number of H-pyrrole nitrogens is 1. The number of anilines is 1. The average molecular weight is 231 g/mol. The molecule has 0 saturated carbocycles. The molecule has 7 nitrogen and oxygen atoms in total. The monoisotopic (exact) mass is 231 g/mol. The maximum absolute atomic E-state index is 11.2. The first-order valence-electron chi connectivity index (χ1n) is 5.01. The Bertz CT molecular complexity index is 682. The lowest BCUT2D eigenvalue weighted by Crippen LogP contribution is -2.10. The lowest BCUT2D eigenvalue weighted by atomic mass is 10.3. The van der Waals surface area contributed by atoms with E-state index in [0.29, 0.717) is 18.0 Å². The zero-order chi connectivity index (χ0) is 11.7. The summed E-state index contributed by atoms with van der Waals surface area (Å²) in [6.45, 7) is 0.605. The third-order valence-electron chi connectivity index (χ3n) is 2.36. The fourth-order valence-electron chi connectivity index (χ4n) is 1.49. The number of furan rings is 1. The quantitative estimate of drug-likeness (QED) is 0.690. The molecular weight excluding hydrogens is 222 g/mol. The molecule has 0 fully saturated rings. The van der Waals surface area contributed by atoms with E-state index in [1.807, 2.05) is 6.07 Å². The van der Waals surface area contributed by atoms with Gasteiger partial charge >= 0.3 is 5.69 Å². The van der Waals surface area contributed by atoms with Crippen molar-refractivity contribution in [3.8, 4) is 0 Å². The Kier molecular flexibility index (Phi) is 2.14. The van der Waals surface area contributed by atoms with E-state index < -0.39 is 0 Å². The minimum absolute atomic E-state index is 0.297. The number of hydrogen-bond acceptors (Lipinski definition) is 5. The molecule has 3 aromatic heterocycles. The summed E-state index contributed by atoms with van der Waals surface area (Å²) in [6.07, 6.45) is 4.70. The molecule has 17 heavy (non-hydrogen) atoms. The van der Waals surface area contributed by atoms with Crippen LogP contribution in [0.3, 0.4) is 0 Å². The highest BCUT2D eigenvalue weighted by atomic mass is 16.3. The second-order valence-corrected chi connectivity index (χ2v) is 3.52. The average Bonchev–Trinajstić information content (AvgIpc) is 2.97. The summed E-state index contributed by atoms with van der Waals surface area (Å²) in [5, 5.41) is 9.31. The summed E-state index contributed by atoms with van der Waals surface area (Å²) >= 11 is 0. The van der Waals surface area contributed by atoms with Gasteiger partial charge < -0.3 is 9.73 Å². The zero-order valence-electron chi connectivity index (χ0n) is 8.75. The predicted molar refractivity (Wildman–Crippen MR) is 59.6 cm³/mol. The Hall–Kier alpha value is -2.57. The third kappa shape index (κ3) is 1.78. The Labute approximate surface area is 95.1 Å². The Balaban J connectivity index is 1.83. The lowest BCUT2D eigenvalue weighted by Gasteiger charge is -2.02. The van der Waals surface area contributed by atoms with Gasteiger partial charge in [0.1, 0.15) is 12.1 Å². The summed E-state index contributed by atoms with van der Waals surface area (Å²) in [5.74, 6) is 0.651. The molecule has 0 atom stereocenters. The van der Waals surface area contributed by atoms with Gasteiger partial charge in [-0.1, -0.05) is 0 Å². The molecule has 0 amide bonds. The molecule has 0 aliphatic heterocycles. The van der Waals surface area contributed by atoms with Crippen molar-refractivity contribution in [3.63, 3.8) is 0 Å². The highest BCUT2D eigenvalue weighted by molar-refractivity contribution is 5.48. The fraction of sp³-hybridized carbons (Fsp3) is 0.100. The Morgan fingerprint density at radius 2 is 2.47 bits per heavy atom. The van der Waals surface area contributed by atoms with E-state index >= 15 is 0 Å². The van der Waals surface area contributed by atoms with Gasteiger partial charge in [-0.05, 0) is 6.07 Å². The van der Waals surface area contributed by atoms with Crippen LogP contribution >= 0.6 is 0 Å². The predicted octanol–water partition coefficient (Wildman–Crippen LogP) is 0.623. The number of rotatable bonds is 3. The second-order valence-electron chi connectivity index (χ2n) is 3.52. The van der Waals surface area contributed by atoms with Crippen molar-refractivity contribution in [2.45, 2.75) is 6.54 Å². The molecule has 0 spiro atoms. The summed E-state index contributed by atoms with van der Waals surface area (Å²) < 4.78 is 6.29. The molecule has 3 aromatic rings. The van der Waals surface area contributed by atoms with Gasteiger partial charge in [-0.25, -0.2) is 19.3 Å². The molecule has 0 aromatic carbocycles. The summed E-state index contributed by atoms with van der Waals surface area (Å²) in [6, 6.07) is 3.56. The maximum atomic E-state index is 11.2. The van der Waals surface area contributed by atoms with Crippen LogP contribution in [-0.2, 0) is 6.54 Å². The van der Waals surface area contributed by atoms with Crippen LogP contribution in [0.5, 0.6) is 0 Å². The smallest absolute Gasteiger partial charge is 0.348 e. The van der Waals surface area contributed by atoms with Gasteiger partial charge in [0.2, 0.25) is 0 Å². The topological polar surface area (TPSA) is 88.2 Å². The van der Waals surface area contributed by atoms with Gasteiger partial charge in [-0.15, -0.1) is 0 Å². The molecule has 7 heteroatoms. The molecule has 3 heterocycles. The molecular formula is C10H9N5O2. The number of aromatic amines is 1. The Morgan fingerprint density at radius 3 is 3.29 bits per heavy atom. The first-order chi connectivity index (χ1) is 8.33. The van der Waals surface area contributed by atoms with Crippen LogP contribution in [0.4, 0.5) is 5.82 Å². The molecule has 0 saturated heterocycles. The van der Waals surface area contributed by atoms with Gasteiger partial charge in [-0.3, -0.25) is 0 Å². The molecule has 2 N–H and O–H groups in total. The van der Waals surface area contributed by atoms with E-state index in [-0.39, 0.29) is 5.69 Å². The molecule has 0 bridgehead atoms. The van der Waals surface area contributed by atoms with Gasteiger partial charge in [-0.2, -0.15) is 5.10 Å². The van der Waals surface area contributed by atoms with Crippen molar-refractivity contribution in [3.05, 3.63) is 47.0 Å². The van der Waals surface area contributed by atoms with Crippen molar-refractivity contribution in [1.82, 2.24) is 19.6 Å². The van der Waals surface area contributed by atoms with E-state index in [1.54, 1.807) is 18.6 Å². The fourth-order valence-corrected chi connectivity index (χ4v) is 1.49. The summed E-state index contributed by atoms with van der Waals surface area (Å²) in [4.78, 5) is 15.3. The van der Waals surface area contributed by atoms with Crippen LogP contribution in [0.2, 0.25) is 0 Å². The summed E-state index contributed by atoms with van der Waals surface area (Å²) in [5.41, 5.74) is 1.25. The minimum Gasteiger partial charge on any atom is -0.472 e. The number of hydrogen-bond donors (Lipinski definition) is 2. The molecule has 0 unspecified atom stereocenters. The normalized spacial score (nSPS) is 10.8. The van der Waals surface area contributed by atoms with Crippen LogP contribution in [-0.4, -0.2) is 19.6 Å². The van der Waals surface area contributed by atoms with Crippen molar-refractivity contribution in [1.29, 1.82) is 0 Å². The van der Waals surface area contributed by atoms with Gasteiger partial charge in [0, 0.05) is 18.2 Å². The highest BCUT2D eigenvalue weighted by Crippen LogP contribution is 2.07. The largest absolute Gasteiger partial charge is 0.472 e. The van der Waals surface area contributed by atoms with Crippen LogP contribution in [0.25, 0.3) is 5.65 Å². The first kappa shape index (κ1) is 9.64. The second kappa shape index (κ2) is 3.78. The van der Waals surface area contributed by atoms with Crippen molar-refractivity contribution in [2.75, 3.05) is 5.32 Å². The first-order valence-corrected chi connectivity index (χ1v) is 5.01. The van der Waals surface area contributed by atoms with Crippen LogP contribution < -0.4 is 11.0 Å². The van der Waals surface area contributed by atoms with E-state index in [0.717, 1.165) is 5.56 Å². The number of fused-ring (bicyclic) bond motifs is 1. The zero-order valence-corrected chi connectivity index (χ0v) is 8.75. The minimum atomic E-state index is -0.297. The number of nitrogens with one attached hydrogen (secondary N) is 2. The van der Waals surface area contributed by atoms with E-state index in [1.165, 1.54) is 10.7 Å². The van der Waals surface area contributed by atoms with Crippen LogP contribution in [0.1, 0.15) is 5.56 Å². The number of nitrogens with zero attached hydrogens (tertiary/aromatic N) is 3. The lowest BCUT2D eigenvalue weighted by molar-refractivity contribution is 0.564. The number of aromatic nitrogens is 4. The van der Waals surface area contributed by atoms with Crippen molar-refractivity contribution >= 4 is 11.5 Å². The van der Waals surface area contributed by atoms with Crippen molar-refractivity contribution in [2.24, 2.45) is 0 Å². The molecule has 0 radical (unpaired) electrons. The summed E-state index contributed by atoms with van der Waals surface area (Å²) in [7, 11) is 0. The third-order valence-corrected chi connectivity index (χ3v) is 2.36.